The van der Waals surface area contributed by atoms with Gasteiger partial charge >= 0.3 is 23.9 Å². The van der Waals surface area contributed by atoms with Crippen LogP contribution in [0.15, 0.2) is 48.1 Å². The molecule has 0 aromatic rings. The Morgan fingerprint density at radius 3 is 2.14 bits per heavy atom. The van der Waals surface area contributed by atoms with E-state index in [1.807, 2.05) is 32.9 Å². The van der Waals surface area contributed by atoms with Gasteiger partial charge in [-0.3, -0.25) is 14.4 Å². The van der Waals surface area contributed by atoms with Gasteiger partial charge in [0.05, 0.1) is 18.3 Å². The van der Waals surface area contributed by atoms with Gasteiger partial charge in [-0.25, -0.2) is 4.79 Å². The molecule has 0 amide bonds. The Morgan fingerprint density at radius 1 is 1.21 bits per heavy atom. The Bertz CT molecular complexity index is 737. The third kappa shape index (κ3) is 6.15. The highest BCUT2D eigenvalue weighted by atomic mass is 16.6. The fraction of sp³-hybridized carbons (Fsp3) is 0.455. The molecule has 1 spiro atoms. The smallest absolute Gasteiger partial charge is 0.341 e. The third-order valence-corrected chi connectivity index (χ3v) is 4.75. The lowest BCUT2D eigenvalue weighted by molar-refractivity contribution is -0.156. The Hall–Kier alpha value is -2.76. The normalized spacial score (nSPS) is 26.2. The molecule has 152 valence electrons. The maximum Gasteiger partial charge on any atom is 0.341 e. The van der Waals surface area contributed by atoms with Crippen LogP contribution in [0.5, 0.6) is 0 Å². The van der Waals surface area contributed by atoms with E-state index in [1.54, 1.807) is 0 Å². The van der Waals surface area contributed by atoms with Gasteiger partial charge in [-0.1, -0.05) is 49.5 Å². The Labute approximate surface area is 166 Å². The number of allylic oxidation sites excluding steroid dienone is 5. The van der Waals surface area contributed by atoms with Gasteiger partial charge in [0.25, 0.3) is 0 Å². The van der Waals surface area contributed by atoms with Gasteiger partial charge in [0, 0.05) is 5.57 Å². The zero-order valence-corrected chi connectivity index (χ0v) is 17.0. The Morgan fingerprint density at radius 2 is 1.86 bits per heavy atom. The van der Waals surface area contributed by atoms with Gasteiger partial charge in [0.15, 0.2) is 0 Å². The van der Waals surface area contributed by atoms with Crippen LogP contribution in [0.4, 0.5) is 0 Å². The Kier molecular flexibility index (Phi) is 8.29. The first kappa shape index (κ1) is 23.3. The molecule has 2 atom stereocenters. The lowest BCUT2D eigenvalue weighted by Crippen LogP contribution is -2.35. The number of carbonyl (C=O) groups is 4. The second-order valence-electron chi connectivity index (χ2n) is 7.28. The summed E-state index contributed by atoms with van der Waals surface area (Å²) in [5.41, 5.74) is 2.11. The van der Waals surface area contributed by atoms with Gasteiger partial charge in [-0.05, 0) is 39.5 Å². The van der Waals surface area contributed by atoms with E-state index in [-0.39, 0.29) is 36.3 Å². The molecule has 3 rings (SSSR count). The molecule has 2 saturated heterocycles. The number of esters is 4. The van der Waals surface area contributed by atoms with Crippen LogP contribution in [0, 0.1) is 11.3 Å². The lowest BCUT2D eigenvalue weighted by Gasteiger charge is -2.32. The summed E-state index contributed by atoms with van der Waals surface area (Å²) in [5, 5.41) is 0. The topological polar surface area (TPSA) is 86.7 Å². The summed E-state index contributed by atoms with van der Waals surface area (Å²) in [6, 6.07) is 0. The van der Waals surface area contributed by atoms with Crippen molar-refractivity contribution in [3.63, 3.8) is 0 Å². The van der Waals surface area contributed by atoms with E-state index in [0.29, 0.717) is 0 Å². The second-order valence-corrected chi connectivity index (χ2v) is 7.28. The van der Waals surface area contributed by atoms with Crippen LogP contribution in [0.3, 0.4) is 0 Å². The third-order valence-electron chi connectivity index (χ3n) is 4.75. The number of cyclic esters (lactones) is 4. The standard InChI is InChI=1S/C11H14O3.C6H10.C5H4O3/c1-7-3-4-11(8(2)5-7)6-9(12)14-10(11)13;1-4-5-6(2)3;1-3-2-4(6)8-5(3)7/h5,8H,3-4,6H2,1-2H3;4-5H,2H2,1,3H3;1-2H2/b;5-4-;. The van der Waals surface area contributed by atoms with Crippen molar-refractivity contribution in [3.05, 3.63) is 48.1 Å². The average molecular weight is 388 g/mol. The molecular formula is C22H28O6. The van der Waals surface area contributed by atoms with Gasteiger partial charge < -0.3 is 9.47 Å². The van der Waals surface area contributed by atoms with Crippen molar-refractivity contribution < 1.29 is 28.7 Å². The molecule has 0 saturated carbocycles. The molecule has 2 unspecified atom stereocenters. The number of hydrogen-bond donors (Lipinski definition) is 0. The lowest BCUT2D eigenvalue weighted by atomic mass is 9.67. The molecule has 2 fully saturated rings. The summed E-state index contributed by atoms with van der Waals surface area (Å²) < 4.78 is 8.75. The van der Waals surface area contributed by atoms with Crippen LogP contribution < -0.4 is 0 Å². The van der Waals surface area contributed by atoms with Crippen LogP contribution in [0.1, 0.15) is 53.4 Å². The highest BCUT2D eigenvalue weighted by Crippen LogP contribution is 2.47. The van der Waals surface area contributed by atoms with Gasteiger partial charge in [-0.2, -0.15) is 0 Å². The van der Waals surface area contributed by atoms with Crippen LogP contribution in [0.2, 0.25) is 0 Å². The number of rotatable bonds is 1. The zero-order valence-electron chi connectivity index (χ0n) is 17.0. The van der Waals surface area contributed by atoms with Crippen molar-refractivity contribution in [2.45, 2.75) is 53.4 Å². The van der Waals surface area contributed by atoms with E-state index in [1.165, 1.54) is 5.57 Å². The summed E-state index contributed by atoms with van der Waals surface area (Å²) in [7, 11) is 0. The van der Waals surface area contributed by atoms with Crippen LogP contribution >= 0.6 is 0 Å². The molecule has 28 heavy (non-hydrogen) atoms. The van der Waals surface area contributed by atoms with E-state index in [2.05, 4.69) is 35.6 Å². The van der Waals surface area contributed by atoms with Crippen molar-refractivity contribution >= 4 is 23.9 Å². The molecule has 3 aliphatic rings. The first-order valence-electron chi connectivity index (χ1n) is 9.15. The van der Waals surface area contributed by atoms with Crippen molar-refractivity contribution in [2.75, 3.05) is 0 Å². The van der Waals surface area contributed by atoms with E-state index in [0.717, 1.165) is 18.4 Å². The number of hydrogen-bond acceptors (Lipinski definition) is 6. The molecule has 0 aromatic carbocycles. The van der Waals surface area contributed by atoms with Gasteiger partial charge in [0.2, 0.25) is 0 Å². The summed E-state index contributed by atoms with van der Waals surface area (Å²) in [5.74, 6) is -1.65. The van der Waals surface area contributed by atoms with Crippen molar-refractivity contribution in [2.24, 2.45) is 11.3 Å². The minimum Gasteiger partial charge on any atom is -0.393 e. The monoisotopic (exact) mass is 388 g/mol. The molecule has 6 nitrogen and oxygen atoms in total. The van der Waals surface area contributed by atoms with E-state index in [9.17, 15) is 19.2 Å². The summed E-state index contributed by atoms with van der Waals surface area (Å²) in [4.78, 5) is 43.1. The molecule has 0 bridgehead atoms. The molecule has 2 aliphatic heterocycles. The predicted octanol–water partition coefficient (Wildman–Crippen LogP) is 3.98. The second kappa shape index (κ2) is 9.97. The first-order valence-corrected chi connectivity index (χ1v) is 9.15. The van der Waals surface area contributed by atoms with Crippen LogP contribution in [-0.4, -0.2) is 23.9 Å². The quantitative estimate of drug-likeness (QED) is 0.222. The fourth-order valence-corrected chi connectivity index (χ4v) is 3.17. The zero-order chi connectivity index (χ0) is 21.5. The molecule has 2 heterocycles. The Balaban J connectivity index is 0.000000238. The minimum absolute atomic E-state index is 0.0544. The maximum atomic E-state index is 11.6. The fourth-order valence-electron chi connectivity index (χ4n) is 3.17. The van der Waals surface area contributed by atoms with E-state index < -0.39 is 17.4 Å². The summed E-state index contributed by atoms with van der Waals surface area (Å²) in [6.07, 6.45) is 8.00. The maximum absolute atomic E-state index is 11.6. The SMILES string of the molecule is C=C(C)/C=C\C.C=C1CC(=O)OC1=O.CC1=CC(C)C2(CC1)CC(=O)OC2=O. The van der Waals surface area contributed by atoms with Crippen LogP contribution in [-0.2, 0) is 28.7 Å². The molecule has 0 N–H and O–H groups in total. The average Bonchev–Trinajstić information content (AvgIpc) is 3.03. The van der Waals surface area contributed by atoms with E-state index in [4.69, 9.17) is 0 Å². The molecule has 0 aromatic heterocycles. The minimum atomic E-state index is -0.588. The van der Waals surface area contributed by atoms with Crippen molar-refractivity contribution in [1.29, 1.82) is 0 Å². The highest BCUT2D eigenvalue weighted by molar-refractivity contribution is 6.05. The molecule has 1 aliphatic carbocycles. The molecule has 0 radical (unpaired) electrons. The van der Waals surface area contributed by atoms with E-state index >= 15 is 0 Å². The summed E-state index contributed by atoms with van der Waals surface area (Å²) in [6.45, 7) is 15.0. The highest BCUT2D eigenvalue weighted by Gasteiger charge is 2.52. The van der Waals surface area contributed by atoms with Crippen molar-refractivity contribution in [1.82, 2.24) is 0 Å². The van der Waals surface area contributed by atoms with Gasteiger partial charge in [-0.15, -0.1) is 0 Å². The largest absolute Gasteiger partial charge is 0.393 e. The first-order chi connectivity index (χ1) is 13.0. The molecular weight excluding hydrogens is 360 g/mol. The van der Waals surface area contributed by atoms with Crippen LogP contribution in [0.25, 0.3) is 0 Å². The predicted molar refractivity (Wildman–Crippen MR) is 105 cm³/mol. The molecule has 6 heteroatoms. The van der Waals surface area contributed by atoms with Crippen molar-refractivity contribution in [3.8, 4) is 0 Å². The van der Waals surface area contributed by atoms with Gasteiger partial charge in [0.1, 0.15) is 0 Å². The number of ether oxygens (including phenoxy) is 2. The summed E-state index contributed by atoms with van der Waals surface area (Å²) >= 11 is 0. The number of carbonyl (C=O) groups excluding carboxylic acids is 4.